The Labute approximate surface area is 134 Å². The first-order valence-electron chi connectivity index (χ1n) is 7.69. The predicted octanol–water partition coefficient (Wildman–Crippen LogP) is -2.53. The fraction of sp³-hybridized carbons (Fsp3) is 0.929. The van der Waals surface area contributed by atoms with Crippen molar-refractivity contribution in [3.05, 3.63) is 0 Å². The van der Waals surface area contributed by atoms with Crippen molar-refractivity contribution in [1.82, 2.24) is 5.32 Å². The third kappa shape index (κ3) is 5.64. The van der Waals surface area contributed by atoms with Crippen molar-refractivity contribution in [3.63, 3.8) is 0 Å². The lowest BCUT2D eigenvalue weighted by atomic mass is 9.99. The molecule has 0 bridgehead atoms. The van der Waals surface area contributed by atoms with E-state index in [4.69, 9.17) is 14.6 Å². The average molecular weight is 337 g/mol. The van der Waals surface area contributed by atoms with Gasteiger partial charge in [-0.25, -0.2) is 0 Å². The van der Waals surface area contributed by atoms with E-state index >= 15 is 0 Å². The third-order valence-corrected chi connectivity index (χ3v) is 3.73. The Morgan fingerprint density at radius 1 is 1.26 bits per heavy atom. The first-order chi connectivity index (χ1) is 10.8. The lowest BCUT2D eigenvalue weighted by Gasteiger charge is -2.40. The van der Waals surface area contributed by atoms with E-state index in [1.165, 1.54) is 6.92 Å². The number of hydrogen-bond acceptors (Lipinski definition) is 8. The smallest absolute Gasteiger partial charge is 0.217 e. The number of nitrogens with one attached hydrogen (secondary N) is 1. The van der Waals surface area contributed by atoms with Gasteiger partial charge in [0.05, 0.1) is 25.4 Å². The fourth-order valence-corrected chi connectivity index (χ4v) is 2.41. The van der Waals surface area contributed by atoms with Gasteiger partial charge in [-0.3, -0.25) is 4.79 Å². The van der Waals surface area contributed by atoms with Crippen molar-refractivity contribution >= 4 is 5.91 Å². The molecule has 1 fully saturated rings. The monoisotopic (exact) mass is 337 g/mol. The first-order valence-corrected chi connectivity index (χ1v) is 7.69. The van der Waals surface area contributed by atoms with Gasteiger partial charge in [-0.2, -0.15) is 0 Å². The Kier molecular flexibility index (Phi) is 8.34. The van der Waals surface area contributed by atoms with Crippen LogP contribution in [-0.4, -0.2) is 87.5 Å². The second-order valence-electron chi connectivity index (χ2n) is 5.69. The summed E-state index contributed by atoms with van der Waals surface area (Å²) in [6.07, 6.45) is -6.57. The zero-order valence-corrected chi connectivity index (χ0v) is 13.3. The molecule has 0 aromatic heterocycles. The Hall–Kier alpha value is -0.810. The van der Waals surface area contributed by atoms with E-state index in [0.717, 1.165) is 0 Å². The first kappa shape index (κ1) is 20.2. The minimum atomic E-state index is -1.54. The van der Waals surface area contributed by atoms with E-state index < -0.39 is 49.5 Å². The third-order valence-electron chi connectivity index (χ3n) is 3.73. The maximum atomic E-state index is 11.2. The van der Waals surface area contributed by atoms with Crippen LogP contribution in [0, 0.1) is 0 Å². The minimum Gasteiger partial charge on any atom is -0.394 e. The number of hydrogen-bond donors (Lipinski definition) is 6. The van der Waals surface area contributed by atoms with E-state index in [1.807, 2.05) is 6.92 Å². The molecular weight excluding hydrogens is 310 g/mol. The maximum Gasteiger partial charge on any atom is 0.217 e. The van der Waals surface area contributed by atoms with Gasteiger partial charge in [0.1, 0.15) is 24.4 Å². The second-order valence-corrected chi connectivity index (χ2v) is 5.69. The van der Waals surface area contributed by atoms with Crippen molar-refractivity contribution in [1.29, 1.82) is 0 Å². The van der Waals surface area contributed by atoms with Gasteiger partial charge < -0.3 is 40.3 Å². The molecular formula is C14H27NO8. The summed E-state index contributed by atoms with van der Waals surface area (Å²) in [5, 5.41) is 50.9. The largest absolute Gasteiger partial charge is 0.394 e. The van der Waals surface area contributed by atoms with Crippen LogP contribution in [0.15, 0.2) is 0 Å². The van der Waals surface area contributed by atoms with E-state index in [0.29, 0.717) is 12.8 Å². The standard InChI is InChI=1S/C14H27NO8/c1-3-4-9(18)8(15-7(2)17)6-22-14-13(21)12(20)11(19)10(5-16)23-14/h8-14,16,18-21H,3-6H2,1-2H3,(H,15,17)/t8-,9+,10?,11?,12?,13-,14?/m0/s1. The normalized spacial score (nSPS) is 34.0. The van der Waals surface area contributed by atoms with Crippen LogP contribution in [0.1, 0.15) is 26.7 Å². The summed E-state index contributed by atoms with van der Waals surface area (Å²) in [5.74, 6) is -0.345. The van der Waals surface area contributed by atoms with Crippen LogP contribution in [0.5, 0.6) is 0 Å². The molecule has 0 aliphatic carbocycles. The summed E-state index contributed by atoms with van der Waals surface area (Å²) in [6.45, 7) is 2.47. The molecule has 1 aliphatic rings. The zero-order chi connectivity index (χ0) is 17.6. The van der Waals surface area contributed by atoms with Crippen LogP contribution in [0.25, 0.3) is 0 Å². The summed E-state index contributed by atoms with van der Waals surface area (Å²) in [7, 11) is 0. The van der Waals surface area contributed by atoms with Gasteiger partial charge in [0, 0.05) is 6.92 Å². The Morgan fingerprint density at radius 3 is 2.43 bits per heavy atom. The van der Waals surface area contributed by atoms with Crippen LogP contribution in [-0.2, 0) is 14.3 Å². The summed E-state index contributed by atoms with van der Waals surface area (Å²) in [5.41, 5.74) is 0. The molecule has 0 aromatic rings. The van der Waals surface area contributed by atoms with E-state index in [1.54, 1.807) is 0 Å². The van der Waals surface area contributed by atoms with Crippen LogP contribution in [0.2, 0.25) is 0 Å². The number of amides is 1. The molecule has 0 aromatic carbocycles. The van der Waals surface area contributed by atoms with Gasteiger partial charge in [-0.1, -0.05) is 13.3 Å². The molecule has 4 unspecified atom stereocenters. The van der Waals surface area contributed by atoms with Crippen LogP contribution in [0.4, 0.5) is 0 Å². The molecule has 1 rings (SSSR count). The molecule has 7 atom stereocenters. The number of ether oxygens (including phenoxy) is 2. The summed E-state index contributed by atoms with van der Waals surface area (Å²) < 4.78 is 10.5. The molecule has 9 nitrogen and oxygen atoms in total. The minimum absolute atomic E-state index is 0.163. The van der Waals surface area contributed by atoms with Crippen molar-refractivity contribution in [2.45, 2.75) is 69.5 Å². The van der Waals surface area contributed by atoms with Crippen molar-refractivity contribution in [2.24, 2.45) is 0 Å². The molecule has 1 heterocycles. The molecule has 136 valence electrons. The van der Waals surface area contributed by atoms with Gasteiger partial charge in [0.15, 0.2) is 6.29 Å². The lowest BCUT2D eigenvalue weighted by Crippen LogP contribution is -2.60. The maximum absolute atomic E-state index is 11.2. The van der Waals surface area contributed by atoms with Crippen LogP contribution in [0.3, 0.4) is 0 Å². The highest BCUT2D eigenvalue weighted by atomic mass is 16.7. The molecule has 9 heteroatoms. The molecule has 0 radical (unpaired) electrons. The Balaban J connectivity index is 2.65. The molecule has 1 aliphatic heterocycles. The van der Waals surface area contributed by atoms with Gasteiger partial charge in [0.25, 0.3) is 0 Å². The van der Waals surface area contributed by atoms with Crippen molar-refractivity contribution in [2.75, 3.05) is 13.2 Å². The fourth-order valence-electron chi connectivity index (χ4n) is 2.41. The molecule has 1 saturated heterocycles. The number of aliphatic hydroxyl groups is 5. The second kappa shape index (κ2) is 9.48. The predicted molar refractivity (Wildman–Crippen MR) is 78.2 cm³/mol. The number of carbonyl (C=O) groups excluding carboxylic acids is 1. The molecule has 23 heavy (non-hydrogen) atoms. The highest BCUT2D eigenvalue weighted by Gasteiger charge is 2.44. The molecule has 1 amide bonds. The molecule has 0 spiro atoms. The number of rotatable bonds is 8. The van der Waals surface area contributed by atoms with Gasteiger partial charge in [-0.05, 0) is 6.42 Å². The summed E-state index contributed by atoms with van der Waals surface area (Å²) >= 11 is 0. The number of aliphatic hydroxyl groups excluding tert-OH is 5. The van der Waals surface area contributed by atoms with Gasteiger partial charge >= 0.3 is 0 Å². The topological polar surface area (TPSA) is 149 Å². The quantitative estimate of drug-likeness (QED) is 0.284. The average Bonchev–Trinajstić information content (AvgIpc) is 2.50. The van der Waals surface area contributed by atoms with Gasteiger partial charge in [0.2, 0.25) is 5.91 Å². The van der Waals surface area contributed by atoms with E-state index in [2.05, 4.69) is 5.32 Å². The van der Waals surface area contributed by atoms with Crippen LogP contribution < -0.4 is 5.32 Å². The Morgan fingerprint density at radius 2 is 1.91 bits per heavy atom. The number of carbonyl (C=O) groups is 1. The van der Waals surface area contributed by atoms with E-state index in [-0.39, 0.29) is 12.5 Å². The Bertz CT molecular complexity index is 367. The van der Waals surface area contributed by atoms with Crippen molar-refractivity contribution in [3.8, 4) is 0 Å². The molecule has 0 saturated carbocycles. The van der Waals surface area contributed by atoms with Crippen LogP contribution >= 0.6 is 0 Å². The lowest BCUT2D eigenvalue weighted by molar-refractivity contribution is -0.302. The van der Waals surface area contributed by atoms with Crippen molar-refractivity contribution < 1.29 is 39.8 Å². The SMILES string of the molecule is CCC[C@@H](O)[C@H](COC1OC(CO)C(O)C(O)[C@@H]1O)NC(C)=O. The van der Waals surface area contributed by atoms with Gasteiger partial charge in [-0.15, -0.1) is 0 Å². The summed E-state index contributed by atoms with van der Waals surface area (Å²) in [6, 6.07) is -0.709. The van der Waals surface area contributed by atoms with E-state index in [9.17, 15) is 25.2 Å². The summed E-state index contributed by atoms with van der Waals surface area (Å²) in [4.78, 5) is 11.2. The zero-order valence-electron chi connectivity index (χ0n) is 13.3. The highest BCUT2D eigenvalue weighted by molar-refractivity contribution is 5.73. The highest BCUT2D eigenvalue weighted by Crippen LogP contribution is 2.22. The molecule has 6 N–H and O–H groups in total.